The van der Waals surface area contributed by atoms with Crippen LogP contribution in [0.2, 0.25) is 0 Å². The van der Waals surface area contributed by atoms with Crippen molar-refractivity contribution >= 4 is 11.4 Å². The highest BCUT2D eigenvalue weighted by molar-refractivity contribution is 5.55. The van der Waals surface area contributed by atoms with Crippen LogP contribution in [0.5, 0.6) is 0 Å². The first-order chi connectivity index (χ1) is 12.4. The van der Waals surface area contributed by atoms with Crippen LogP contribution in [0.1, 0.15) is 35.4 Å². The number of halogens is 3. The van der Waals surface area contributed by atoms with Crippen LogP contribution in [0, 0.1) is 11.3 Å². The first-order valence-electron chi connectivity index (χ1n) is 8.56. The second-order valence-corrected chi connectivity index (χ2v) is 6.47. The van der Waals surface area contributed by atoms with E-state index < -0.39 is 11.7 Å². The molecule has 1 saturated heterocycles. The number of anilines is 2. The molecule has 2 aromatic rings. The zero-order valence-electron chi connectivity index (χ0n) is 14.5. The van der Waals surface area contributed by atoms with Gasteiger partial charge in [-0.3, -0.25) is 0 Å². The Morgan fingerprint density at radius 1 is 1.08 bits per heavy atom. The zero-order valence-corrected chi connectivity index (χ0v) is 14.5. The third-order valence-corrected chi connectivity index (χ3v) is 4.96. The number of nitrogens with one attached hydrogen (secondary N) is 1. The Balaban J connectivity index is 1.72. The quantitative estimate of drug-likeness (QED) is 0.838. The monoisotopic (exact) mass is 359 g/mol. The largest absolute Gasteiger partial charge is 0.417 e. The zero-order chi connectivity index (χ0) is 18.7. The Hall–Kier alpha value is -2.68. The van der Waals surface area contributed by atoms with Gasteiger partial charge in [-0.05, 0) is 54.7 Å². The van der Waals surface area contributed by atoms with Crippen molar-refractivity contribution in [3.05, 3.63) is 59.2 Å². The van der Waals surface area contributed by atoms with Crippen molar-refractivity contribution < 1.29 is 13.2 Å². The van der Waals surface area contributed by atoms with E-state index in [1.54, 1.807) is 12.1 Å². The van der Waals surface area contributed by atoms with Crippen LogP contribution < -0.4 is 10.2 Å². The SMILES string of the molecule is CNc1ccc(C2CCN(c3ccc(C#N)c(C(F)(F)F)c3)CC2)cc1. The van der Waals surface area contributed by atoms with Gasteiger partial charge in [0.05, 0.1) is 17.2 Å². The normalized spacial score (nSPS) is 15.6. The van der Waals surface area contributed by atoms with E-state index in [1.807, 2.05) is 24.1 Å². The van der Waals surface area contributed by atoms with E-state index >= 15 is 0 Å². The summed E-state index contributed by atoms with van der Waals surface area (Å²) in [5, 5.41) is 12.0. The van der Waals surface area contributed by atoms with E-state index in [1.165, 1.54) is 11.6 Å². The molecular weight excluding hydrogens is 339 g/mol. The van der Waals surface area contributed by atoms with Gasteiger partial charge in [0.25, 0.3) is 0 Å². The number of piperidine rings is 1. The Morgan fingerprint density at radius 3 is 2.27 bits per heavy atom. The van der Waals surface area contributed by atoms with Crippen LogP contribution in [0.25, 0.3) is 0 Å². The fraction of sp³-hybridized carbons (Fsp3) is 0.350. The molecule has 1 aliphatic rings. The number of hydrogen-bond acceptors (Lipinski definition) is 3. The van der Waals surface area contributed by atoms with Crippen LogP contribution in [0.15, 0.2) is 42.5 Å². The van der Waals surface area contributed by atoms with Gasteiger partial charge in [0.1, 0.15) is 0 Å². The molecule has 26 heavy (non-hydrogen) atoms. The van der Waals surface area contributed by atoms with Crippen LogP contribution in [0.3, 0.4) is 0 Å². The molecule has 1 heterocycles. The Bertz CT molecular complexity index is 799. The molecule has 2 aromatic carbocycles. The number of nitrogens with zero attached hydrogens (tertiary/aromatic N) is 2. The number of nitriles is 1. The van der Waals surface area contributed by atoms with Crippen LogP contribution in [-0.4, -0.2) is 20.1 Å². The number of benzene rings is 2. The number of hydrogen-bond donors (Lipinski definition) is 1. The van der Waals surface area contributed by atoms with Crippen LogP contribution >= 0.6 is 0 Å². The summed E-state index contributed by atoms with van der Waals surface area (Å²) >= 11 is 0. The fourth-order valence-electron chi connectivity index (χ4n) is 3.45. The summed E-state index contributed by atoms with van der Waals surface area (Å²) in [6, 6.07) is 13.9. The molecule has 1 aliphatic heterocycles. The molecule has 136 valence electrons. The highest BCUT2D eigenvalue weighted by Gasteiger charge is 2.34. The predicted molar refractivity (Wildman–Crippen MR) is 96.3 cm³/mol. The summed E-state index contributed by atoms with van der Waals surface area (Å²) in [4.78, 5) is 1.97. The first-order valence-corrected chi connectivity index (χ1v) is 8.56. The minimum absolute atomic E-state index is 0.333. The summed E-state index contributed by atoms with van der Waals surface area (Å²) in [5.41, 5.74) is 1.66. The third-order valence-electron chi connectivity index (χ3n) is 4.96. The second-order valence-electron chi connectivity index (χ2n) is 6.47. The Kier molecular flexibility index (Phi) is 5.08. The maximum atomic E-state index is 13.2. The van der Waals surface area contributed by atoms with Crippen molar-refractivity contribution in [1.29, 1.82) is 5.26 Å². The lowest BCUT2D eigenvalue weighted by Gasteiger charge is -2.34. The molecule has 0 aromatic heterocycles. The Labute approximate surface area is 151 Å². The van der Waals surface area contributed by atoms with Crippen molar-refractivity contribution in [3.8, 4) is 6.07 Å². The molecule has 3 rings (SSSR count). The lowest BCUT2D eigenvalue weighted by Crippen LogP contribution is -2.33. The molecular formula is C20H20F3N3. The number of alkyl halides is 3. The van der Waals surface area contributed by atoms with E-state index in [0.29, 0.717) is 24.7 Å². The summed E-state index contributed by atoms with van der Waals surface area (Å²) in [6.45, 7) is 1.39. The van der Waals surface area contributed by atoms with E-state index in [0.717, 1.165) is 24.6 Å². The maximum Gasteiger partial charge on any atom is 0.417 e. The topological polar surface area (TPSA) is 39.1 Å². The molecule has 1 N–H and O–H groups in total. The highest BCUT2D eigenvalue weighted by atomic mass is 19.4. The first kappa shape index (κ1) is 18.1. The second kappa shape index (κ2) is 7.28. The molecule has 0 amide bonds. The summed E-state index contributed by atoms with van der Waals surface area (Å²) < 4.78 is 39.5. The molecule has 1 fully saturated rings. The van der Waals surface area contributed by atoms with E-state index in [9.17, 15) is 13.2 Å². The molecule has 0 aliphatic carbocycles. The van der Waals surface area contributed by atoms with Gasteiger partial charge in [-0.25, -0.2) is 0 Å². The number of rotatable bonds is 3. The summed E-state index contributed by atoms with van der Waals surface area (Å²) in [6.07, 6.45) is -2.74. The van der Waals surface area contributed by atoms with Crippen LogP contribution in [0.4, 0.5) is 24.5 Å². The smallest absolute Gasteiger partial charge is 0.388 e. The van der Waals surface area contributed by atoms with Gasteiger partial charge in [0.2, 0.25) is 0 Å². The van der Waals surface area contributed by atoms with E-state index in [2.05, 4.69) is 17.4 Å². The van der Waals surface area contributed by atoms with Crippen molar-refractivity contribution in [2.45, 2.75) is 24.9 Å². The average molecular weight is 359 g/mol. The van der Waals surface area contributed by atoms with Gasteiger partial charge < -0.3 is 10.2 Å². The summed E-state index contributed by atoms with van der Waals surface area (Å²) in [7, 11) is 1.88. The van der Waals surface area contributed by atoms with Gasteiger partial charge in [-0.1, -0.05) is 12.1 Å². The maximum absolute atomic E-state index is 13.2. The fourth-order valence-corrected chi connectivity index (χ4v) is 3.45. The molecule has 0 radical (unpaired) electrons. The molecule has 0 bridgehead atoms. The van der Waals surface area contributed by atoms with Gasteiger partial charge in [-0.2, -0.15) is 18.4 Å². The molecule has 3 nitrogen and oxygen atoms in total. The lowest BCUT2D eigenvalue weighted by molar-refractivity contribution is -0.137. The van der Waals surface area contributed by atoms with E-state index in [4.69, 9.17) is 5.26 Å². The molecule has 0 atom stereocenters. The minimum atomic E-state index is -4.52. The van der Waals surface area contributed by atoms with Crippen molar-refractivity contribution in [1.82, 2.24) is 0 Å². The van der Waals surface area contributed by atoms with Crippen molar-refractivity contribution in [2.75, 3.05) is 30.4 Å². The van der Waals surface area contributed by atoms with E-state index in [-0.39, 0.29) is 5.56 Å². The van der Waals surface area contributed by atoms with Gasteiger partial charge in [0.15, 0.2) is 0 Å². The average Bonchev–Trinajstić information content (AvgIpc) is 2.67. The standard InChI is InChI=1S/C20H20F3N3/c1-25-17-5-2-14(3-6-17)15-8-10-26(11-9-15)18-7-4-16(13-24)19(12-18)20(21,22)23/h2-7,12,15,25H,8-11H2,1H3. The van der Waals surface area contributed by atoms with Gasteiger partial charge in [-0.15, -0.1) is 0 Å². The minimum Gasteiger partial charge on any atom is -0.388 e. The molecule has 0 saturated carbocycles. The van der Waals surface area contributed by atoms with Gasteiger partial charge in [0, 0.05) is 31.5 Å². The van der Waals surface area contributed by atoms with Crippen molar-refractivity contribution in [2.24, 2.45) is 0 Å². The summed E-state index contributed by atoms with van der Waals surface area (Å²) in [5.74, 6) is 0.414. The molecule has 0 unspecified atom stereocenters. The third kappa shape index (κ3) is 3.77. The lowest BCUT2D eigenvalue weighted by atomic mass is 9.89. The predicted octanol–water partition coefficient (Wildman–Crippen LogP) is 5.00. The van der Waals surface area contributed by atoms with Gasteiger partial charge >= 0.3 is 6.18 Å². The molecule has 6 heteroatoms. The molecule has 0 spiro atoms. The highest BCUT2D eigenvalue weighted by Crippen LogP contribution is 2.36. The van der Waals surface area contributed by atoms with Crippen LogP contribution in [-0.2, 0) is 6.18 Å². The Morgan fingerprint density at radius 2 is 1.73 bits per heavy atom. The van der Waals surface area contributed by atoms with Crippen molar-refractivity contribution in [3.63, 3.8) is 0 Å².